The van der Waals surface area contributed by atoms with Crippen molar-refractivity contribution in [2.75, 3.05) is 7.11 Å². The van der Waals surface area contributed by atoms with Crippen LogP contribution in [-0.4, -0.2) is 13.1 Å². The standard InChI is InChI=1S/C24H25FO2/c1-5-7-18-14-19(11-10-16(18)2)20-12-13-24(15-20,23(26)27-4)21-8-6-9-22(25)17(21)3/h5-11,14-15H,12-13H2,1-4H3. The van der Waals surface area contributed by atoms with Crippen LogP contribution in [0.1, 0.15) is 47.6 Å². The summed E-state index contributed by atoms with van der Waals surface area (Å²) >= 11 is 0. The maximum absolute atomic E-state index is 14.2. The van der Waals surface area contributed by atoms with E-state index in [1.165, 1.54) is 18.7 Å². The number of benzene rings is 2. The van der Waals surface area contributed by atoms with Crippen LogP contribution in [0.5, 0.6) is 0 Å². The second-order valence-electron chi connectivity index (χ2n) is 7.12. The van der Waals surface area contributed by atoms with E-state index in [1.54, 1.807) is 13.0 Å². The molecule has 0 bridgehead atoms. The van der Waals surface area contributed by atoms with Crippen molar-refractivity contribution in [2.45, 2.75) is 39.0 Å². The molecule has 0 aliphatic heterocycles. The number of rotatable bonds is 4. The lowest BCUT2D eigenvalue weighted by molar-refractivity contribution is -0.145. The van der Waals surface area contributed by atoms with Gasteiger partial charge in [0.05, 0.1) is 7.11 Å². The van der Waals surface area contributed by atoms with Gasteiger partial charge in [0.15, 0.2) is 0 Å². The number of hydrogen-bond acceptors (Lipinski definition) is 2. The Morgan fingerprint density at radius 1 is 1.22 bits per heavy atom. The number of esters is 1. The van der Waals surface area contributed by atoms with Gasteiger partial charge in [0.25, 0.3) is 0 Å². The average Bonchev–Trinajstić information content (AvgIpc) is 3.11. The number of carbonyl (C=O) groups excluding carboxylic acids is 1. The van der Waals surface area contributed by atoms with E-state index >= 15 is 0 Å². The van der Waals surface area contributed by atoms with Crippen molar-refractivity contribution < 1.29 is 13.9 Å². The van der Waals surface area contributed by atoms with Gasteiger partial charge in [0, 0.05) is 0 Å². The molecule has 0 spiro atoms. The minimum absolute atomic E-state index is 0.302. The summed E-state index contributed by atoms with van der Waals surface area (Å²) in [4.78, 5) is 12.8. The van der Waals surface area contributed by atoms with Crippen LogP contribution in [0, 0.1) is 19.7 Å². The Kier molecular flexibility index (Phi) is 5.31. The van der Waals surface area contributed by atoms with Crippen molar-refractivity contribution in [2.24, 2.45) is 0 Å². The predicted octanol–water partition coefficient (Wildman–Crippen LogP) is 5.76. The largest absolute Gasteiger partial charge is 0.468 e. The SMILES string of the molecule is CC=Cc1cc(C2=CC(C(=O)OC)(c3cccc(F)c3C)CC2)ccc1C. The molecular weight excluding hydrogens is 339 g/mol. The van der Waals surface area contributed by atoms with E-state index in [9.17, 15) is 9.18 Å². The lowest BCUT2D eigenvalue weighted by Gasteiger charge is -2.26. The fourth-order valence-electron chi connectivity index (χ4n) is 3.96. The summed E-state index contributed by atoms with van der Waals surface area (Å²) in [6.45, 7) is 5.80. The summed E-state index contributed by atoms with van der Waals surface area (Å²) in [5.41, 5.74) is 4.79. The summed E-state index contributed by atoms with van der Waals surface area (Å²) in [5.74, 6) is -0.643. The van der Waals surface area contributed by atoms with Crippen LogP contribution in [-0.2, 0) is 14.9 Å². The summed E-state index contributed by atoms with van der Waals surface area (Å²) in [5, 5.41) is 0. The maximum Gasteiger partial charge on any atom is 0.320 e. The predicted molar refractivity (Wildman–Crippen MR) is 108 cm³/mol. The van der Waals surface area contributed by atoms with Crippen molar-refractivity contribution in [3.8, 4) is 0 Å². The minimum atomic E-state index is -0.943. The lowest BCUT2D eigenvalue weighted by atomic mass is 9.77. The fraction of sp³-hybridized carbons (Fsp3) is 0.292. The van der Waals surface area contributed by atoms with Crippen LogP contribution >= 0.6 is 0 Å². The van der Waals surface area contributed by atoms with Crippen LogP contribution in [0.2, 0.25) is 0 Å². The van der Waals surface area contributed by atoms with Gasteiger partial charge in [0.2, 0.25) is 0 Å². The van der Waals surface area contributed by atoms with Gasteiger partial charge in [-0.05, 0) is 79.1 Å². The molecule has 0 fully saturated rings. The lowest BCUT2D eigenvalue weighted by Crippen LogP contribution is -2.34. The van der Waals surface area contributed by atoms with E-state index in [1.807, 2.05) is 25.1 Å². The molecule has 2 aromatic rings. The maximum atomic E-state index is 14.2. The molecule has 0 saturated heterocycles. The van der Waals surface area contributed by atoms with Crippen molar-refractivity contribution in [3.63, 3.8) is 0 Å². The Morgan fingerprint density at radius 3 is 2.70 bits per heavy atom. The zero-order chi connectivity index (χ0) is 19.6. The number of allylic oxidation sites excluding steroid dienone is 2. The third-order valence-corrected chi connectivity index (χ3v) is 5.50. The molecule has 2 aromatic carbocycles. The normalized spacial score (nSPS) is 19.4. The van der Waals surface area contributed by atoms with Crippen LogP contribution in [0.4, 0.5) is 4.39 Å². The van der Waals surface area contributed by atoms with Crippen molar-refractivity contribution in [1.29, 1.82) is 0 Å². The summed E-state index contributed by atoms with van der Waals surface area (Å²) in [6.07, 6.45) is 7.39. The number of carbonyl (C=O) groups is 1. The highest BCUT2D eigenvalue weighted by molar-refractivity contribution is 5.91. The Hall–Kier alpha value is -2.68. The molecule has 0 amide bonds. The van der Waals surface area contributed by atoms with Crippen molar-refractivity contribution in [3.05, 3.63) is 82.2 Å². The molecule has 1 aliphatic carbocycles. The quantitative estimate of drug-likeness (QED) is 0.644. The molecule has 1 unspecified atom stereocenters. The van der Waals surface area contributed by atoms with Gasteiger partial charge in [-0.1, -0.05) is 42.5 Å². The van der Waals surface area contributed by atoms with Crippen LogP contribution in [0.15, 0.2) is 48.6 Å². The summed E-state index contributed by atoms with van der Waals surface area (Å²) in [6, 6.07) is 11.2. The molecule has 1 aliphatic rings. The molecule has 140 valence electrons. The first-order valence-corrected chi connectivity index (χ1v) is 9.22. The Labute approximate surface area is 160 Å². The number of hydrogen-bond donors (Lipinski definition) is 0. The van der Waals surface area contributed by atoms with E-state index in [0.717, 1.165) is 23.1 Å². The van der Waals surface area contributed by atoms with Gasteiger partial charge in [-0.15, -0.1) is 0 Å². The first-order chi connectivity index (χ1) is 12.9. The second-order valence-corrected chi connectivity index (χ2v) is 7.12. The summed E-state index contributed by atoms with van der Waals surface area (Å²) in [7, 11) is 1.39. The Morgan fingerprint density at radius 2 is 2.00 bits per heavy atom. The highest BCUT2D eigenvalue weighted by Crippen LogP contribution is 2.45. The van der Waals surface area contributed by atoms with E-state index < -0.39 is 5.41 Å². The van der Waals surface area contributed by atoms with Gasteiger partial charge in [-0.25, -0.2) is 4.39 Å². The van der Waals surface area contributed by atoms with Gasteiger partial charge in [0.1, 0.15) is 11.2 Å². The Bertz CT molecular complexity index is 939. The number of methoxy groups -OCH3 is 1. The van der Waals surface area contributed by atoms with Gasteiger partial charge in [-0.3, -0.25) is 4.79 Å². The van der Waals surface area contributed by atoms with Gasteiger partial charge < -0.3 is 4.74 Å². The molecule has 0 aromatic heterocycles. The zero-order valence-corrected chi connectivity index (χ0v) is 16.3. The first kappa shape index (κ1) is 19.1. The smallest absolute Gasteiger partial charge is 0.320 e. The molecule has 2 nitrogen and oxygen atoms in total. The molecule has 0 heterocycles. The summed E-state index contributed by atoms with van der Waals surface area (Å²) < 4.78 is 19.3. The van der Waals surface area contributed by atoms with Crippen LogP contribution < -0.4 is 0 Å². The third-order valence-electron chi connectivity index (χ3n) is 5.50. The highest BCUT2D eigenvalue weighted by Gasteiger charge is 2.44. The zero-order valence-electron chi connectivity index (χ0n) is 16.3. The minimum Gasteiger partial charge on any atom is -0.468 e. The molecule has 0 saturated carbocycles. The third kappa shape index (κ3) is 3.34. The molecule has 1 atom stereocenters. The topological polar surface area (TPSA) is 26.3 Å². The van der Waals surface area contributed by atoms with Gasteiger partial charge in [-0.2, -0.15) is 0 Å². The van der Waals surface area contributed by atoms with Crippen molar-refractivity contribution >= 4 is 17.6 Å². The van der Waals surface area contributed by atoms with Crippen LogP contribution in [0.25, 0.3) is 11.6 Å². The molecule has 3 heteroatoms. The van der Waals surface area contributed by atoms with E-state index in [0.29, 0.717) is 17.5 Å². The highest BCUT2D eigenvalue weighted by atomic mass is 19.1. The molecule has 27 heavy (non-hydrogen) atoms. The monoisotopic (exact) mass is 364 g/mol. The number of aryl methyl sites for hydroxylation is 1. The second kappa shape index (κ2) is 7.51. The van der Waals surface area contributed by atoms with Crippen molar-refractivity contribution in [1.82, 2.24) is 0 Å². The van der Waals surface area contributed by atoms with E-state index in [2.05, 4.69) is 31.2 Å². The Balaban J connectivity index is 2.14. The first-order valence-electron chi connectivity index (χ1n) is 9.22. The average molecular weight is 364 g/mol. The van der Waals surface area contributed by atoms with Crippen LogP contribution in [0.3, 0.4) is 0 Å². The molecule has 3 rings (SSSR count). The molecule has 0 N–H and O–H groups in total. The fourth-order valence-corrected chi connectivity index (χ4v) is 3.96. The number of ether oxygens (including phenoxy) is 1. The molecule has 0 radical (unpaired) electrons. The van der Waals surface area contributed by atoms with Gasteiger partial charge >= 0.3 is 5.97 Å². The van der Waals surface area contributed by atoms with E-state index in [4.69, 9.17) is 4.74 Å². The number of halogens is 1. The molecular formula is C24H25FO2. The van der Waals surface area contributed by atoms with E-state index in [-0.39, 0.29) is 11.8 Å².